The zero-order chi connectivity index (χ0) is 26.9. The molecule has 1 atom stereocenters. The molecular formula is C28H23ClN6O3S. The summed E-state index contributed by atoms with van der Waals surface area (Å²) in [4.78, 5) is 55.1. The lowest BCUT2D eigenvalue weighted by Gasteiger charge is -2.28. The van der Waals surface area contributed by atoms with Gasteiger partial charge in [-0.15, -0.1) is 11.3 Å². The van der Waals surface area contributed by atoms with Gasteiger partial charge in [-0.3, -0.25) is 19.4 Å². The van der Waals surface area contributed by atoms with Gasteiger partial charge in [0.1, 0.15) is 16.7 Å². The van der Waals surface area contributed by atoms with Gasteiger partial charge in [0.2, 0.25) is 5.91 Å². The standard InChI is InChI=1S/C28H23ClN6O3S/c29-20-13-16(7-10-19(20)25(36)32-22-6-2-4-12-31-22)15-35-21(14-18-5-1-3-11-30-18)26(37)33-24-23(28(35)38)39-27(34-24)17-8-9-17/h1-7,10-13,17,21H,8-9,14-15H2,(H,33,37)(H,31,32,36). The summed E-state index contributed by atoms with van der Waals surface area (Å²) in [5.41, 5.74) is 1.64. The van der Waals surface area contributed by atoms with E-state index >= 15 is 0 Å². The molecule has 196 valence electrons. The van der Waals surface area contributed by atoms with E-state index in [0.29, 0.717) is 33.7 Å². The summed E-state index contributed by atoms with van der Waals surface area (Å²) in [6.45, 7) is 0.113. The maximum absolute atomic E-state index is 13.9. The fourth-order valence-electron chi connectivity index (χ4n) is 4.44. The molecule has 0 bridgehead atoms. The van der Waals surface area contributed by atoms with Gasteiger partial charge in [0.05, 0.1) is 15.6 Å². The van der Waals surface area contributed by atoms with Gasteiger partial charge in [0.15, 0.2) is 5.82 Å². The molecule has 1 saturated carbocycles. The van der Waals surface area contributed by atoms with E-state index < -0.39 is 11.9 Å². The largest absolute Gasteiger partial charge is 0.321 e. The van der Waals surface area contributed by atoms with Crippen LogP contribution in [0.5, 0.6) is 0 Å². The molecular weight excluding hydrogens is 536 g/mol. The monoisotopic (exact) mass is 558 g/mol. The Morgan fingerprint density at radius 3 is 2.56 bits per heavy atom. The van der Waals surface area contributed by atoms with Crippen molar-refractivity contribution in [3.8, 4) is 0 Å². The van der Waals surface area contributed by atoms with Crippen LogP contribution in [0.1, 0.15) is 55.1 Å². The Morgan fingerprint density at radius 2 is 1.87 bits per heavy atom. The van der Waals surface area contributed by atoms with Crippen molar-refractivity contribution in [2.24, 2.45) is 0 Å². The van der Waals surface area contributed by atoms with Crippen LogP contribution >= 0.6 is 22.9 Å². The predicted molar refractivity (Wildman–Crippen MR) is 148 cm³/mol. The third kappa shape index (κ3) is 5.39. The van der Waals surface area contributed by atoms with Crippen LogP contribution < -0.4 is 10.6 Å². The highest BCUT2D eigenvalue weighted by molar-refractivity contribution is 7.14. The Hall–Kier alpha value is -4.15. The Bertz CT molecular complexity index is 1560. The quantitative estimate of drug-likeness (QED) is 0.332. The Morgan fingerprint density at radius 1 is 1.08 bits per heavy atom. The van der Waals surface area contributed by atoms with Gasteiger partial charge in [0, 0.05) is 37.0 Å². The van der Waals surface area contributed by atoms with E-state index in [0.717, 1.165) is 17.8 Å². The molecule has 2 aliphatic rings. The fourth-order valence-corrected chi connectivity index (χ4v) is 5.88. The summed E-state index contributed by atoms with van der Waals surface area (Å²) < 4.78 is 0. The number of halogens is 1. The van der Waals surface area contributed by atoms with Gasteiger partial charge in [-0.25, -0.2) is 9.97 Å². The maximum Gasteiger partial charge on any atom is 0.268 e. The van der Waals surface area contributed by atoms with Crippen molar-refractivity contribution in [2.75, 3.05) is 10.6 Å². The lowest BCUT2D eigenvalue weighted by molar-refractivity contribution is -0.120. The number of pyridine rings is 2. The lowest BCUT2D eigenvalue weighted by atomic mass is 10.1. The second-order valence-corrected chi connectivity index (χ2v) is 10.9. The van der Waals surface area contributed by atoms with E-state index in [1.54, 1.807) is 59.8 Å². The molecule has 3 aromatic heterocycles. The third-order valence-corrected chi connectivity index (χ3v) is 8.13. The minimum Gasteiger partial charge on any atom is -0.321 e. The predicted octanol–water partition coefficient (Wildman–Crippen LogP) is 4.92. The van der Waals surface area contributed by atoms with Crippen LogP contribution in [0.15, 0.2) is 67.0 Å². The van der Waals surface area contributed by atoms with Crippen molar-refractivity contribution >= 4 is 52.3 Å². The first kappa shape index (κ1) is 25.1. The third-order valence-electron chi connectivity index (χ3n) is 6.61. The number of aromatic nitrogens is 3. The van der Waals surface area contributed by atoms with Crippen LogP contribution in [0, 0.1) is 0 Å². The lowest BCUT2D eigenvalue weighted by Crippen LogP contribution is -2.46. The molecule has 4 heterocycles. The van der Waals surface area contributed by atoms with Crippen LogP contribution in [0.4, 0.5) is 11.6 Å². The van der Waals surface area contributed by atoms with Crippen LogP contribution in [-0.4, -0.2) is 43.6 Å². The summed E-state index contributed by atoms with van der Waals surface area (Å²) in [5.74, 6) is 0.0927. The summed E-state index contributed by atoms with van der Waals surface area (Å²) in [7, 11) is 0. The van der Waals surface area contributed by atoms with Crippen molar-refractivity contribution in [3.63, 3.8) is 0 Å². The van der Waals surface area contributed by atoms with Crippen molar-refractivity contribution in [2.45, 2.75) is 37.8 Å². The highest BCUT2D eigenvalue weighted by atomic mass is 35.5. The molecule has 3 amide bonds. The topological polar surface area (TPSA) is 117 Å². The van der Waals surface area contributed by atoms with Gasteiger partial charge in [0.25, 0.3) is 11.8 Å². The van der Waals surface area contributed by atoms with Gasteiger partial charge < -0.3 is 15.5 Å². The molecule has 1 fully saturated rings. The molecule has 6 rings (SSSR count). The molecule has 11 heteroatoms. The molecule has 9 nitrogen and oxygen atoms in total. The van der Waals surface area contributed by atoms with Crippen LogP contribution in [-0.2, 0) is 17.8 Å². The molecule has 0 saturated heterocycles. The molecule has 39 heavy (non-hydrogen) atoms. The number of nitrogens with one attached hydrogen (secondary N) is 2. The van der Waals surface area contributed by atoms with E-state index in [2.05, 4.69) is 25.6 Å². The minimum absolute atomic E-state index is 0.113. The zero-order valence-electron chi connectivity index (χ0n) is 20.6. The number of nitrogens with zero attached hydrogens (tertiary/aromatic N) is 4. The molecule has 1 unspecified atom stereocenters. The van der Waals surface area contributed by atoms with Crippen LogP contribution in [0.3, 0.4) is 0 Å². The maximum atomic E-state index is 13.9. The van der Waals surface area contributed by atoms with E-state index in [4.69, 9.17) is 11.6 Å². The average Bonchev–Trinajstić information content (AvgIpc) is 3.72. The first-order valence-corrected chi connectivity index (χ1v) is 13.7. The number of benzene rings is 1. The number of rotatable bonds is 7. The molecule has 1 aromatic carbocycles. The number of amides is 3. The van der Waals surface area contributed by atoms with E-state index in [-0.39, 0.29) is 35.4 Å². The number of fused-ring (bicyclic) bond motifs is 1. The second kappa shape index (κ2) is 10.5. The summed E-state index contributed by atoms with van der Waals surface area (Å²) in [6.07, 6.45) is 5.56. The Balaban J connectivity index is 1.29. The number of hydrogen-bond donors (Lipinski definition) is 2. The number of anilines is 2. The molecule has 2 N–H and O–H groups in total. The van der Waals surface area contributed by atoms with Crippen molar-refractivity contribution in [1.82, 2.24) is 19.9 Å². The molecule has 1 aliphatic carbocycles. The fraction of sp³-hybridized carbons (Fsp3) is 0.214. The minimum atomic E-state index is -0.816. The average molecular weight is 559 g/mol. The van der Waals surface area contributed by atoms with Gasteiger partial charge in [-0.1, -0.05) is 29.8 Å². The van der Waals surface area contributed by atoms with Crippen molar-refractivity contribution in [1.29, 1.82) is 0 Å². The van der Waals surface area contributed by atoms with E-state index in [1.807, 2.05) is 12.1 Å². The number of thiazole rings is 1. The Labute approximate surface area is 233 Å². The van der Waals surface area contributed by atoms with Crippen molar-refractivity contribution in [3.05, 3.63) is 98.7 Å². The Kier molecular flexibility index (Phi) is 6.80. The second-order valence-electron chi connectivity index (χ2n) is 9.45. The number of carbonyl (C=O) groups is 3. The van der Waals surface area contributed by atoms with E-state index in [1.165, 1.54) is 11.3 Å². The van der Waals surface area contributed by atoms with Crippen molar-refractivity contribution < 1.29 is 14.4 Å². The summed E-state index contributed by atoms with van der Waals surface area (Å²) >= 11 is 7.86. The smallest absolute Gasteiger partial charge is 0.268 e. The molecule has 0 radical (unpaired) electrons. The van der Waals surface area contributed by atoms with Gasteiger partial charge >= 0.3 is 0 Å². The number of carbonyl (C=O) groups excluding carboxylic acids is 3. The number of hydrogen-bond acceptors (Lipinski definition) is 7. The first-order chi connectivity index (χ1) is 19.0. The molecule has 4 aromatic rings. The normalized spacial score (nSPS) is 16.8. The molecule has 0 spiro atoms. The first-order valence-electron chi connectivity index (χ1n) is 12.5. The van der Waals surface area contributed by atoms with Crippen LogP contribution in [0.2, 0.25) is 5.02 Å². The van der Waals surface area contributed by atoms with Crippen LogP contribution in [0.25, 0.3) is 0 Å². The summed E-state index contributed by atoms with van der Waals surface area (Å²) in [6, 6.07) is 14.8. The zero-order valence-corrected chi connectivity index (χ0v) is 22.2. The van der Waals surface area contributed by atoms with Gasteiger partial charge in [-0.2, -0.15) is 0 Å². The molecule has 1 aliphatic heterocycles. The highest BCUT2D eigenvalue weighted by Gasteiger charge is 2.39. The summed E-state index contributed by atoms with van der Waals surface area (Å²) in [5, 5.41) is 6.71. The van der Waals surface area contributed by atoms with Gasteiger partial charge in [-0.05, 0) is 54.8 Å². The van der Waals surface area contributed by atoms with E-state index in [9.17, 15) is 14.4 Å². The SMILES string of the molecule is O=C(Nc1ccccn1)c1ccc(CN2C(=O)c3sc(C4CC4)nc3NC(=O)C2Cc2ccccn2)cc1Cl. The highest BCUT2D eigenvalue weighted by Crippen LogP contribution is 2.44.